The van der Waals surface area contributed by atoms with Crippen LogP contribution in [0.1, 0.15) is 11.1 Å². The normalized spacial score (nSPS) is 16.1. The van der Waals surface area contributed by atoms with Crippen molar-refractivity contribution in [2.24, 2.45) is 10.9 Å². The molecule has 124 valence electrons. The van der Waals surface area contributed by atoms with E-state index < -0.39 is 0 Å². The molecule has 2 aromatic carbocycles. The molecule has 0 bridgehead atoms. The van der Waals surface area contributed by atoms with Crippen LogP contribution in [-0.4, -0.2) is 26.1 Å². The number of hydrogen-bond donors (Lipinski definition) is 1. The van der Waals surface area contributed by atoms with Crippen LogP contribution in [0.15, 0.2) is 47.5 Å². The third-order valence-corrected chi connectivity index (χ3v) is 4.36. The van der Waals surface area contributed by atoms with E-state index in [-0.39, 0.29) is 11.8 Å². The van der Waals surface area contributed by atoms with E-state index in [1.54, 1.807) is 7.11 Å². The molecule has 1 heterocycles. The highest BCUT2D eigenvalue weighted by Crippen LogP contribution is 2.08. The van der Waals surface area contributed by atoms with Crippen LogP contribution >= 0.6 is 0 Å². The summed E-state index contributed by atoms with van der Waals surface area (Å²) in [5, 5.41) is 5.05. The number of rotatable bonds is 6. The predicted molar refractivity (Wildman–Crippen MR) is 94.5 cm³/mol. The molecule has 0 fully saturated rings. The van der Waals surface area contributed by atoms with Crippen molar-refractivity contribution >= 4 is 12.0 Å². The maximum atomic E-state index is 12.2. The molecule has 1 unspecified atom stereocenters. The fraction of sp³-hybridized carbons (Fsp3) is 0.300. The molecule has 0 saturated carbocycles. The molecule has 1 aliphatic rings. The average molecular weight is 322 g/mol. The molecule has 0 aliphatic carbocycles. The average Bonchev–Trinajstić information content (AvgIpc) is 2.60. The molecule has 3 rings (SSSR count). The smallest absolute Gasteiger partial charge is 0.254 e. The molecule has 1 N–H and O–H groups in total. The molecule has 2 aromatic rings. The number of methoxy groups -OCH3 is 1. The fourth-order valence-corrected chi connectivity index (χ4v) is 2.90. The second-order valence-electron chi connectivity index (χ2n) is 6.03. The summed E-state index contributed by atoms with van der Waals surface area (Å²) in [4.78, 5) is 16.3. The number of aryl methyl sites for hydroxylation is 1. The lowest BCUT2D eigenvalue weighted by molar-refractivity contribution is -0.120. The van der Waals surface area contributed by atoms with Gasteiger partial charge < -0.3 is 10.1 Å². The van der Waals surface area contributed by atoms with E-state index in [9.17, 15) is 4.79 Å². The van der Waals surface area contributed by atoms with E-state index in [1.165, 1.54) is 11.1 Å². The maximum absolute atomic E-state index is 12.2. The summed E-state index contributed by atoms with van der Waals surface area (Å²) in [6.45, 7) is 3.56. The number of fused-ring (bicyclic) bond motifs is 1. The molecule has 1 aliphatic heterocycles. The van der Waals surface area contributed by atoms with Crippen molar-refractivity contribution in [3.63, 3.8) is 0 Å². The number of hydrogen-bond acceptors (Lipinski definition) is 3. The van der Waals surface area contributed by atoms with E-state index in [2.05, 4.69) is 41.5 Å². The number of carbonyl (C=O) groups excluding carboxylic acids is 1. The predicted octanol–water partition coefficient (Wildman–Crippen LogP) is 1.39. The number of nitrogens with one attached hydrogen (secondary N) is 1. The minimum atomic E-state index is -0.221. The van der Waals surface area contributed by atoms with Gasteiger partial charge in [-0.1, -0.05) is 30.3 Å². The Morgan fingerprint density at radius 2 is 2.04 bits per heavy atom. The highest BCUT2D eigenvalue weighted by atomic mass is 16.5. The third-order valence-electron chi connectivity index (χ3n) is 4.36. The second-order valence-corrected chi connectivity index (χ2v) is 6.03. The number of ether oxygens (including phenoxy) is 1. The van der Waals surface area contributed by atoms with Crippen LogP contribution in [-0.2, 0) is 11.2 Å². The van der Waals surface area contributed by atoms with E-state index in [0.717, 1.165) is 29.3 Å². The van der Waals surface area contributed by atoms with Gasteiger partial charge in [0, 0.05) is 11.8 Å². The van der Waals surface area contributed by atoms with Crippen molar-refractivity contribution in [3.05, 3.63) is 64.2 Å². The molecule has 4 nitrogen and oxygen atoms in total. The molecular formula is C20H22N2O2. The van der Waals surface area contributed by atoms with Gasteiger partial charge in [-0.2, -0.15) is 0 Å². The SMILES string of the molecule is COc1ccc2c(c1)=CC(CNCCc1ccccc1C)C(=O)N=2. The zero-order valence-electron chi connectivity index (χ0n) is 14.1. The summed E-state index contributed by atoms with van der Waals surface area (Å²) in [6.07, 6.45) is 2.93. The van der Waals surface area contributed by atoms with Gasteiger partial charge in [0.15, 0.2) is 0 Å². The van der Waals surface area contributed by atoms with Crippen LogP contribution in [0.5, 0.6) is 5.75 Å². The molecule has 24 heavy (non-hydrogen) atoms. The summed E-state index contributed by atoms with van der Waals surface area (Å²) < 4.78 is 5.24. The lowest BCUT2D eigenvalue weighted by Crippen LogP contribution is -2.37. The van der Waals surface area contributed by atoms with Crippen LogP contribution in [0, 0.1) is 12.8 Å². The summed E-state index contributed by atoms with van der Waals surface area (Å²) in [5.74, 6) is 0.471. The zero-order valence-corrected chi connectivity index (χ0v) is 14.1. The van der Waals surface area contributed by atoms with Crippen molar-refractivity contribution in [2.45, 2.75) is 13.3 Å². The van der Waals surface area contributed by atoms with Crippen molar-refractivity contribution in [1.29, 1.82) is 0 Å². The third kappa shape index (κ3) is 3.71. The minimum absolute atomic E-state index is 0.0870. The van der Waals surface area contributed by atoms with Gasteiger partial charge in [0.05, 0.1) is 18.4 Å². The Hall–Kier alpha value is -2.46. The van der Waals surface area contributed by atoms with Gasteiger partial charge in [0.2, 0.25) is 0 Å². The first-order chi connectivity index (χ1) is 11.7. The topological polar surface area (TPSA) is 50.7 Å². The Morgan fingerprint density at radius 3 is 2.83 bits per heavy atom. The largest absolute Gasteiger partial charge is 0.497 e. The fourth-order valence-electron chi connectivity index (χ4n) is 2.90. The van der Waals surface area contributed by atoms with Gasteiger partial charge in [-0.15, -0.1) is 0 Å². The lowest BCUT2D eigenvalue weighted by atomic mass is 10.0. The van der Waals surface area contributed by atoms with Gasteiger partial charge in [0.1, 0.15) is 5.75 Å². The van der Waals surface area contributed by atoms with Crippen LogP contribution in [0.4, 0.5) is 0 Å². The molecule has 1 amide bonds. The van der Waals surface area contributed by atoms with Crippen LogP contribution in [0.2, 0.25) is 0 Å². The van der Waals surface area contributed by atoms with Crippen LogP contribution in [0.3, 0.4) is 0 Å². The summed E-state index contributed by atoms with van der Waals surface area (Å²) in [7, 11) is 1.64. The maximum Gasteiger partial charge on any atom is 0.254 e. The Balaban J connectivity index is 1.62. The highest BCUT2D eigenvalue weighted by molar-refractivity contribution is 5.86. The first-order valence-corrected chi connectivity index (χ1v) is 8.21. The summed E-state index contributed by atoms with van der Waals surface area (Å²) in [6, 6.07) is 13.9. The Morgan fingerprint density at radius 1 is 1.21 bits per heavy atom. The molecular weight excluding hydrogens is 300 g/mol. The van der Waals surface area contributed by atoms with E-state index in [4.69, 9.17) is 4.74 Å². The molecule has 0 spiro atoms. The summed E-state index contributed by atoms with van der Waals surface area (Å²) in [5.41, 5.74) is 2.64. The number of nitrogens with zero attached hydrogens (tertiary/aromatic N) is 1. The Bertz CT molecular complexity index is 858. The van der Waals surface area contributed by atoms with Crippen molar-refractivity contribution in [3.8, 4) is 5.75 Å². The number of carbonyl (C=O) groups is 1. The zero-order chi connectivity index (χ0) is 16.9. The van der Waals surface area contributed by atoms with Crippen LogP contribution in [0.25, 0.3) is 6.08 Å². The van der Waals surface area contributed by atoms with E-state index in [0.29, 0.717) is 6.54 Å². The van der Waals surface area contributed by atoms with Gasteiger partial charge in [-0.25, -0.2) is 4.99 Å². The van der Waals surface area contributed by atoms with Crippen molar-refractivity contribution < 1.29 is 9.53 Å². The van der Waals surface area contributed by atoms with Gasteiger partial charge in [0.25, 0.3) is 5.91 Å². The number of benzene rings is 2. The van der Waals surface area contributed by atoms with Gasteiger partial charge in [-0.3, -0.25) is 4.79 Å². The molecule has 0 aromatic heterocycles. The second kappa shape index (κ2) is 7.41. The minimum Gasteiger partial charge on any atom is -0.497 e. The van der Waals surface area contributed by atoms with Gasteiger partial charge >= 0.3 is 0 Å². The lowest BCUT2D eigenvalue weighted by Gasteiger charge is -2.14. The Kier molecular flexibility index (Phi) is 5.06. The Labute approximate surface area is 141 Å². The molecule has 4 heteroatoms. The molecule has 0 radical (unpaired) electrons. The number of amides is 1. The first-order valence-electron chi connectivity index (χ1n) is 8.21. The van der Waals surface area contributed by atoms with Crippen molar-refractivity contribution in [1.82, 2.24) is 5.32 Å². The quantitative estimate of drug-likeness (QED) is 0.818. The molecule has 0 saturated heterocycles. The standard InChI is InChI=1S/C20H22N2O2/c1-14-5-3-4-6-15(14)9-10-21-13-17-11-16-12-18(24-2)7-8-19(16)22-20(17)23/h3-8,11-12,17,21H,9-10,13H2,1-2H3. The van der Waals surface area contributed by atoms with E-state index >= 15 is 0 Å². The first kappa shape index (κ1) is 16.4. The van der Waals surface area contributed by atoms with E-state index in [1.807, 2.05) is 24.3 Å². The van der Waals surface area contributed by atoms with Crippen LogP contribution < -0.4 is 20.6 Å². The monoisotopic (exact) mass is 322 g/mol. The highest BCUT2D eigenvalue weighted by Gasteiger charge is 2.18. The van der Waals surface area contributed by atoms with Gasteiger partial charge in [-0.05, 0) is 49.2 Å². The summed E-state index contributed by atoms with van der Waals surface area (Å²) >= 11 is 0. The van der Waals surface area contributed by atoms with Crippen molar-refractivity contribution in [2.75, 3.05) is 20.2 Å². The molecule has 1 atom stereocenters.